The average Bonchev–Trinajstić information content (AvgIpc) is 3.69. The summed E-state index contributed by atoms with van der Waals surface area (Å²) in [4.78, 5) is 0. The molecule has 9 aromatic rings. The molecular formula is C45H25N5. The lowest BCUT2D eigenvalue weighted by atomic mass is 9.96. The third kappa shape index (κ3) is 4.45. The van der Waals surface area contributed by atoms with Crippen LogP contribution in [0.2, 0.25) is 0 Å². The Morgan fingerprint density at radius 1 is 0.360 bits per heavy atom. The third-order valence-corrected chi connectivity index (χ3v) is 9.60. The van der Waals surface area contributed by atoms with E-state index >= 15 is 0 Å². The highest BCUT2D eigenvalue weighted by Crippen LogP contribution is 2.38. The van der Waals surface area contributed by atoms with E-state index in [-0.39, 0.29) is 0 Å². The number of fused-ring (bicyclic) bond motifs is 6. The van der Waals surface area contributed by atoms with Gasteiger partial charge in [0.2, 0.25) is 0 Å². The highest BCUT2D eigenvalue weighted by molar-refractivity contribution is 6.11. The molecule has 0 fully saturated rings. The summed E-state index contributed by atoms with van der Waals surface area (Å²) < 4.78 is 4.42. The monoisotopic (exact) mass is 635 g/mol. The molecule has 0 saturated carbocycles. The Hall–Kier alpha value is -7.39. The van der Waals surface area contributed by atoms with Crippen molar-refractivity contribution < 1.29 is 0 Å². The first-order valence-corrected chi connectivity index (χ1v) is 16.3. The topological polar surface area (TPSA) is 81.2 Å². The van der Waals surface area contributed by atoms with Crippen LogP contribution in [0.4, 0.5) is 0 Å². The molecule has 0 atom stereocenters. The highest BCUT2D eigenvalue weighted by Gasteiger charge is 2.18. The van der Waals surface area contributed by atoms with Crippen molar-refractivity contribution in [2.45, 2.75) is 0 Å². The average molecular weight is 636 g/mol. The van der Waals surface area contributed by atoms with Gasteiger partial charge in [-0.05, 0) is 89.5 Å². The zero-order chi connectivity index (χ0) is 33.8. The Balaban J connectivity index is 1.17. The van der Waals surface area contributed by atoms with Gasteiger partial charge in [-0.15, -0.1) is 0 Å². The molecule has 50 heavy (non-hydrogen) atoms. The molecule has 0 bridgehead atoms. The molecule has 0 spiro atoms. The predicted octanol–water partition coefficient (Wildman–Crippen LogP) is 10.8. The van der Waals surface area contributed by atoms with Crippen molar-refractivity contribution in [1.29, 1.82) is 15.8 Å². The van der Waals surface area contributed by atoms with Crippen molar-refractivity contribution in [2.75, 3.05) is 0 Å². The van der Waals surface area contributed by atoms with Crippen LogP contribution in [0.5, 0.6) is 0 Å². The van der Waals surface area contributed by atoms with Crippen LogP contribution in [0, 0.1) is 34.0 Å². The molecule has 5 nitrogen and oxygen atoms in total. The van der Waals surface area contributed by atoms with Gasteiger partial charge in [-0.25, -0.2) is 0 Å². The van der Waals surface area contributed by atoms with Gasteiger partial charge in [-0.2, -0.15) is 15.8 Å². The quantitative estimate of drug-likeness (QED) is 0.193. The van der Waals surface area contributed by atoms with E-state index in [2.05, 4.69) is 100 Å². The summed E-state index contributed by atoms with van der Waals surface area (Å²) in [5, 5.41) is 33.5. The maximum atomic E-state index is 9.94. The lowest BCUT2D eigenvalue weighted by Gasteiger charge is -2.16. The van der Waals surface area contributed by atoms with Crippen molar-refractivity contribution in [1.82, 2.24) is 9.13 Å². The summed E-state index contributed by atoms with van der Waals surface area (Å²) in [7, 11) is 0. The van der Waals surface area contributed by atoms with Gasteiger partial charge in [-0.3, -0.25) is 0 Å². The summed E-state index contributed by atoms with van der Waals surface area (Å²) in [6.45, 7) is 0. The number of nitriles is 3. The Kier molecular flexibility index (Phi) is 6.56. The fourth-order valence-corrected chi connectivity index (χ4v) is 7.32. The Labute approximate surface area is 287 Å². The molecule has 0 aliphatic carbocycles. The second kappa shape index (κ2) is 11.4. The molecule has 7 aromatic carbocycles. The first-order valence-electron chi connectivity index (χ1n) is 16.3. The van der Waals surface area contributed by atoms with Crippen LogP contribution in [0.1, 0.15) is 16.7 Å². The number of aromatic nitrogens is 2. The van der Waals surface area contributed by atoms with Crippen LogP contribution < -0.4 is 0 Å². The second-order valence-corrected chi connectivity index (χ2v) is 12.4. The van der Waals surface area contributed by atoms with E-state index in [1.807, 2.05) is 78.9 Å². The van der Waals surface area contributed by atoms with Crippen LogP contribution >= 0.6 is 0 Å². The minimum absolute atomic E-state index is 0.562. The molecule has 230 valence electrons. The van der Waals surface area contributed by atoms with E-state index in [4.69, 9.17) is 0 Å². The molecular weight excluding hydrogens is 611 g/mol. The smallest absolute Gasteiger partial charge is 0.0992 e. The number of hydrogen-bond donors (Lipinski definition) is 0. The van der Waals surface area contributed by atoms with E-state index in [0.29, 0.717) is 16.7 Å². The molecule has 0 aliphatic rings. The summed E-state index contributed by atoms with van der Waals surface area (Å²) in [6, 6.07) is 58.0. The summed E-state index contributed by atoms with van der Waals surface area (Å²) in [5.74, 6) is 0. The molecule has 2 aromatic heterocycles. The molecule has 0 N–H and O–H groups in total. The summed E-state index contributed by atoms with van der Waals surface area (Å²) in [6.07, 6.45) is 0. The first kappa shape index (κ1) is 28.8. The molecule has 0 radical (unpaired) electrons. The van der Waals surface area contributed by atoms with Crippen molar-refractivity contribution in [3.8, 4) is 51.8 Å². The maximum Gasteiger partial charge on any atom is 0.0992 e. The molecule has 0 saturated heterocycles. The number of benzene rings is 7. The van der Waals surface area contributed by atoms with Gasteiger partial charge in [0.25, 0.3) is 0 Å². The van der Waals surface area contributed by atoms with Gasteiger partial charge in [0.1, 0.15) is 0 Å². The summed E-state index contributed by atoms with van der Waals surface area (Å²) in [5.41, 5.74) is 11.9. The van der Waals surface area contributed by atoms with E-state index < -0.39 is 0 Å². The Bertz CT molecular complexity index is 2960. The normalized spacial score (nSPS) is 11.1. The van der Waals surface area contributed by atoms with Gasteiger partial charge in [-0.1, -0.05) is 78.9 Å². The van der Waals surface area contributed by atoms with Crippen molar-refractivity contribution in [2.24, 2.45) is 0 Å². The van der Waals surface area contributed by atoms with E-state index in [0.717, 1.165) is 77.2 Å². The van der Waals surface area contributed by atoms with Crippen LogP contribution in [0.3, 0.4) is 0 Å². The van der Waals surface area contributed by atoms with Crippen LogP contribution in [-0.4, -0.2) is 9.13 Å². The minimum Gasteiger partial charge on any atom is -0.309 e. The molecule has 5 heteroatoms. The van der Waals surface area contributed by atoms with Crippen LogP contribution in [0.15, 0.2) is 152 Å². The molecule has 0 amide bonds. The predicted molar refractivity (Wildman–Crippen MR) is 200 cm³/mol. The SMILES string of the molecule is N#Cc1ccc(-c2cccc(-c3ccc(-n4c5ccccc5c5cc(C#N)ccc54)cc3)c2)c(-n2c3ccccc3c3ccc(C#N)cc32)c1. The lowest BCUT2D eigenvalue weighted by Crippen LogP contribution is -1.99. The van der Waals surface area contributed by atoms with Crippen LogP contribution in [0.25, 0.3) is 77.2 Å². The van der Waals surface area contributed by atoms with Crippen molar-refractivity contribution in [3.63, 3.8) is 0 Å². The van der Waals surface area contributed by atoms with Crippen molar-refractivity contribution in [3.05, 3.63) is 168 Å². The highest BCUT2D eigenvalue weighted by atomic mass is 15.0. The number of nitrogens with zero attached hydrogens (tertiary/aromatic N) is 5. The zero-order valence-corrected chi connectivity index (χ0v) is 26.7. The molecule has 9 rings (SSSR count). The molecule has 0 unspecified atom stereocenters. The lowest BCUT2D eigenvalue weighted by molar-refractivity contribution is 1.18. The number of hydrogen-bond acceptors (Lipinski definition) is 3. The largest absolute Gasteiger partial charge is 0.309 e. The second-order valence-electron chi connectivity index (χ2n) is 12.4. The van der Waals surface area contributed by atoms with Gasteiger partial charge in [0, 0.05) is 32.8 Å². The van der Waals surface area contributed by atoms with Gasteiger partial charge >= 0.3 is 0 Å². The van der Waals surface area contributed by atoms with Gasteiger partial charge < -0.3 is 9.13 Å². The van der Waals surface area contributed by atoms with Crippen molar-refractivity contribution >= 4 is 43.6 Å². The van der Waals surface area contributed by atoms with E-state index in [1.54, 1.807) is 0 Å². The Morgan fingerprint density at radius 2 is 0.940 bits per heavy atom. The minimum atomic E-state index is 0.562. The van der Waals surface area contributed by atoms with E-state index in [1.165, 1.54) is 0 Å². The third-order valence-electron chi connectivity index (χ3n) is 9.60. The van der Waals surface area contributed by atoms with Crippen LogP contribution in [-0.2, 0) is 0 Å². The zero-order valence-electron chi connectivity index (χ0n) is 26.7. The molecule has 2 heterocycles. The Morgan fingerprint density at radius 3 is 1.70 bits per heavy atom. The number of rotatable bonds is 4. The van der Waals surface area contributed by atoms with Gasteiger partial charge in [0.15, 0.2) is 0 Å². The maximum absolute atomic E-state index is 9.94. The molecule has 0 aliphatic heterocycles. The fourth-order valence-electron chi connectivity index (χ4n) is 7.32. The number of para-hydroxylation sites is 2. The van der Waals surface area contributed by atoms with Gasteiger partial charge in [0.05, 0.1) is 62.7 Å². The van der Waals surface area contributed by atoms with E-state index in [9.17, 15) is 15.8 Å². The summed E-state index contributed by atoms with van der Waals surface area (Å²) >= 11 is 0. The first-order chi connectivity index (χ1) is 24.6. The fraction of sp³-hybridized carbons (Fsp3) is 0. The standard InChI is InChI=1S/C45H25N5/c46-26-29-14-21-43-40(22-29)38-9-2-3-10-41(38)49(43)35-17-15-32(16-18-35)33-6-5-7-34(25-33)36-19-12-30(27-47)23-44(36)50-42-11-4-1-8-37(42)39-20-13-31(28-48)24-45(39)50/h1-25H.